The minimum Gasteiger partial charge on any atom is -0.484 e. The number of aromatic nitrogens is 3. The van der Waals surface area contributed by atoms with Crippen molar-refractivity contribution < 1.29 is 9.53 Å². The molecule has 0 unspecified atom stereocenters. The Hall–Kier alpha value is -2.37. The van der Waals surface area contributed by atoms with Gasteiger partial charge in [0.25, 0.3) is 5.91 Å². The van der Waals surface area contributed by atoms with Crippen molar-refractivity contribution in [3.05, 3.63) is 42.5 Å². The van der Waals surface area contributed by atoms with E-state index in [1.807, 2.05) is 25.1 Å². The zero-order chi connectivity index (χ0) is 12.1. The molecule has 17 heavy (non-hydrogen) atoms. The van der Waals surface area contributed by atoms with Crippen molar-refractivity contribution in [1.29, 1.82) is 0 Å². The largest absolute Gasteiger partial charge is 0.484 e. The number of aryl methyl sites for hydroxylation is 1. The first-order chi connectivity index (χ1) is 8.24. The number of benzene rings is 1. The molecule has 1 heterocycles. The third-order valence-electron chi connectivity index (χ3n) is 2.03. The Balaban J connectivity index is 1.84. The molecule has 1 aromatic heterocycles. The van der Waals surface area contributed by atoms with E-state index in [2.05, 4.69) is 15.6 Å². The van der Waals surface area contributed by atoms with Gasteiger partial charge < -0.3 is 4.74 Å². The lowest BCUT2D eigenvalue weighted by Gasteiger charge is -2.07. The summed E-state index contributed by atoms with van der Waals surface area (Å²) in [6.45, 7) is 1.91. The van der Waals surface area contributed by atoms with Crippen LogP contribution in [0.2, 0.25) is 0 Å². The number of amides is 1. The van der Waals surface area contributed by atoms with Gasteiger partial charge in [-0.05, 0) is 24.6 Å². The standard InChI is InChI=1S/C11H12N4O2/c1-9-3-2-4-10(5-9)17-6-11(16)14-15-7-12-13-8-15/h2-5,7-8H,6H2,1H3,(H,14,16). The number of ether oxygens (including phenoxy) is 1. The Morgan fingerprint density at radius 1 is 1.41 bits per heavy atom. The van der Waals surface area contributed by atoms with Crippen LogP contribution in [0, 0.1) is 6.92 Å². The second-order valence-electron chi connectivity index (χ2n) is 3.51. The fourth-order valence-corrected chi connectivity index (χ4v) is 1.29. The molecule has 1 aromatic carbocycles. The number of nitrogens with zero attached hydrogens (tertiary/aromatic N) is 3. The summed E-state index contributed by atoms with van der Waals surface area (Å²) in [4.78, 5) is 11.5. The molecule has 0 aliphatic heterocycles. The summed E-state index contributed by atoms with van der Waals surface area (Å²) in [7, 11) is 0. The van der Waals surface area contributed by atoms with Crippen molar-refractivity contribution in [1.82, 2.24) is 14.9 Å². The van der Waals surface area contributed by atoms with E-state index in [-0.39, 0.29) is 12.5 Å². The fourth-order valence-electron chi connectivity index (χ4n) is 1.29. The van der Waals surface area contributed by atoms with Gasteiger partial charge in [0.15, 0.2) is 6.61 Å². The van der Waals surface area contributed by atoms with Gasteiger partial charge in [-0.3, -0.25) is 10.2 Å². The quantitative estimate of drug-likeness (QED) is 0.844. The average molecular weight is 232 g/mol. The second-order valence-corrected chi connectivity index (χ2v) is 3.51. The normalized spacial score (nSPS) is 9.94. The molecule has 0 aliphatic carbocycles. The van der Waals surface area contributed by atoms with Crippen LogP contribution in [0.25, 0.3) is 0 Å². The summed E-state index contributed by atoms with van der Waals surface area (Å²) >= 11 is 0. The predicted octanol–water partition coefficient (Wildman–Crippen LogP) is 0.736. The molecule has 0 aliphatic rings. The highest BCUT2D eigenvalue weighted by Gasteiger charge is 2.03. The molecular formula is C11H12N4O2. The van der Waals surface area contributed by atoms with Crippen LogP contribution < -0.4 is 10.2 Å². The number of hydrogen-bond donors (Lipinski definition) is 1. The molecule has 0 spiro atoms. The highest BCUT2D eigenvalue weighted by atomic mass is 16.5. The van der Waals surface area contributed by atoms with Gasteiger partial charge in [-0.1, -0.05) is 12.1 Å². The SMILES string of the molecule is Cc1cccc(OCC(=O)Nn2cnnc2)c1. The number of rotatable bonds is 4. The van der Waals surface area contributed by atoms with Gasteiger partial charge in [-0.2, -0.15) is 0 Å². The summed E-state index contributed by atoms with van der Waals surface area (Å²) in [5.41, 5.74) is 3.62. The summed E-state index contributed by atoms with van der Waals surface area (Å²) in [5, 5.41) is 7.13. The summed E-state index contributed by atoms with van der Waals surface area (Å²) in [5.74, 6) is 0.398. The third-order valence-corrected chi connectivity index (χ3v) is 2.03. The molecule has 2 rings (SSSR count). The zero-order valence-corrected chi connectivity index (χ0v) is 9.33. The van der Waals surface area contributed by atoms with Gasteiger partial charge in [0, 0.05) is 0 Å². The third kappa shape index (κ3) is 3.30. The molecule has 6 nitrogen and oxygen atoms in total. The van der Waals surface area contributed by atoms with Gasteiger partial charge in [-0.15, -0.1) is 10.2 Å². The smallest absolute Gasteiger partial charge is 0.276 e. The monoisotopic (exact) mass is 232 g/mol. The van der Waals surface area contributed by atoms with Crippen LogP contribution in [0.15, 0.2) is 36.9 Å². The number of nitrogens with one attached hydrogen (secondary N) is 1. The maximum Gasteiger partial charge on any atom is 0.276 e. The Morgan fingerprint density at radius 2 is 2.18 bits per heavy atom. The first-order valence-corrected chi connectivity index (χ1v) is 5.08. The Bertz CT molecular complexity index is 496. The van der Waals surface area contributed by atoms with E-state index in [0.29, 0.717) is 5.75 Å². The topological polar surface area (TPSA) is 69.0 Å². The minimum atomic E-state index is -0.272. The maximum absolute atomic E-state index is 11.5. The Labute approximate surface area is 98.2 Å². The summed E-state index contributed by atoms with van der Waals surface area (Å²) < 4.78 is 6.69. The molecule has 1 amide bonds. The highest BCUT2D eigenvalue weighted by Crippen LogP contribution is 2.11. The van der Waals surface area contributed by atoms with Crippen LogP contribution in [-0.4, -0.2) is 27.4 Å². The van der Waals surface area contributed by atoms with Crippen molar-refractivity contribution >= 4 is 5.91 Å². The van der Waals surface area contributed by atoms with Gasteiger partial charge in [0.2, 0.25) is 0 Å². The lowest BCUT2D eigenvalue weighted by molar-refractivity contribution is -0.119. The van der Waals surface area contributed by atoms with Crippen LogP contribution >= 0.6 is 0 Å². The molecular weight excluding hydrogens is 220 g/mol. The van der Waals surface area contributed by atoms with Gasteiger partial charge in [0.1, 0.15) is 18.4 Å². The van der Waals surface area contributed by atoms with E-state index in [0.717, 1.165) is 5.56 Å². The molecule has 0 radical (unpaired) electrons. The zero-order valence-electron chi connectivity index (χ0n) is 9.33. The summed E-state index contributed by atoms with van der Waals surface area (Å²) in [6.07, 6.45) is 2.79. The van der Waals surface area contributed by atoms with E-state index < -0.39 is 0 Å². The number of carbonyl (C=O) groups excluding carboxylic acids is 1. The number of hydrogen-bond acceptors (Lipinski definition) is 4. The Kier molecular flexibility index (Phi) is 3.34. The second kappa shape index (κ2) is 5.11. The van der Waals surface area contributed by atoms with E-state index in [1.165, 1.54) is 17.3 Å². The molecule has 1 N–H and O–H groups in total. The molecule has 0 saturated carbocycles. The lowest BCUT2D eigenvalue weighted by atomic mass is 10.2. The Morgan fingerprint density at radius 3 is 2.88 bits per heavy atom. The van der Waals surface area contributed by atoms with E-state index in [1.54, 1.807) is 6.07 Å². The van der Waals surface area contributed by atoms with Gasteiger partial charge >= 0.3 is 0 Å². The van der Waals surface area contributed by atoms with Crippen LogP contribution in [0.1, 0.15) is 5.56 Å². The van der Waals surface area contributed by atoms with Crippen LogP contribution in [0.5, 0.6) is 5.75 Å². The lowest BCUT2D eigenvalue weighted by Crippen LogP contribution is -2.26. The van der Waals surface area contributed by atoms with Gasteiger partial charge in [-0.25, -0.2) is 4.68 Å². The average Bonchev–Trinajstić information content (AvgIpc) is 2.79. The van der Waals surface area contributed by atoms with E-state index in [9.17, 15) is 4.79 Å². The molecule has 2 aromatic rings. The molecule has 0 saturated heterocycles. The van der Waals surface area contributed by atoms with E-state index >= 15 is 0 Å². The van der Waals surface area contributed by atoms with Crippen LogP contribution in [0.4, 0.5) is 0 Å². The number of carbonyl (C=O) groups is 1. The molecule has 0 bridgehead atoms. The molecule has 0 fully saturated rings. The van der Waals surface area contributed by atoms with E-state index in [4.69, 9.17) is 4.74 Å². The molecule has 6 heteroatoms. The van der Waals surface area contributed by atoms with Crippen molar-refractivity contribution in [3.63, 3.8) is 0 Å². The van der Waals surface area contributed by atoms with Crippen LogP contribution in [0.3, 0.4) is 0 Å². The van der Waals surface area contributed by atoms with Crippen molar-refractivity contribution in [2.24, 2.45) is 0 Å². The van der Waals surface area contributed by atoms with Crippen molar-refractivity contribution in [2.45, 2.75) is 6.92 Å². The van der Waals surface area contributed by atoms with Crippen LogP contribution in [-0.2, 0) is 4.79 Å². The first kappa shape index (κ1) is 11.1. The first-order valence-electron chi connectivity index (χ1n) is 5.08. The predicted molar refractivity (Wildman–Crippen MR) is 61.1 cm³/mol. The summed E-state index contributed by atoms with van der Waals surface area (Å²) in [6, 6.07) is 7.51. The van der Waals surface area contributed by atoms with Crippen molar-refractivity contribution in [2.75, 3.05) is 12.0 Å². The molecule has 0 atom stereocenters. The highest BCUT2D eigenvalue weighted by molar-refractivity contribution is 5.84. The maximum atomic E-state index is 11.5. The fraction of sp³-hybridized carbons (Fsp3) is 0.182. The molecule has 88 valence electrons. The van der Waals surface area contributed by atoms with Crippen molar-refractivity contribution in [3.8, 4) is 5.75 Å². The minimum absolute atomic E-state index is 0.0539. The van der Waals surface area contributed by atoms with Gasteiger partial charge in [0.05, 0.1) is 0 Å².